The number of nitrogens with zero attached hydrogens (tertiary/aromatic N) is 1. The van der Waals surface area contributed by atoms with E-state index < -0.39 is 17.5 Å². The molecule has 1 atom stereocenters. The van der Waals surface area contributed by atoms with Gasteiger partial charge in [-0.2, -0.15) is 0 Å². The molecule has 8 nitrogen and oxygen atoms in total. The van der Waals surface area contributed by atoms with Gasteiger partial charge in [-0.1, -0.05) is 32.3 Å². The summed E-state index contributed by atoms with van der Waals surface area (Å²) in [7, 11) is 0. The van der Waals surface area contributed by atoms with Gasteiger partial charge in [0, 0.05) is 6.54 Å². The van der Waals surface area contributed by atoms with Crippen LogP contribution < -0.4 is 20.1 Å². The SMILES string of the molecule is CCCCCCNC(=O)CN1C(=O)N[C@@](C)(c2ccc3c(c2)OCO3)C1=O. The first kappa shape index (κ1) is 19.0. The lowest BCUT2D eigenvalue weighted by Crippen LogP contribution is -2.43. The number of hydrogen-bond acceptors (Lipinski definition) is 5. The molecule has 2 aliphatic heterocycles. The zero-order valence-electron chi connectivity index (χ0n) is 15.7. The molecule has 0 aliphatic carbocycles. The van der Waals surface area contributed by atoms with Gasteiger partial charge in [0.25, 0.3) is 5.91 Å². The van der Waals surface area contributed by atoms with Gasteiger partial charge in [-0.05, 0) is 31.0 Å². The first-order chi connectivity index (χ1) is 13.0. The first-order valence-corrected chi connectivity index (χ1v) is 9.26. The van der Waals surface area contributed by atoms with Gasteiger partial charge in [-0.3, -0.25) is 14.5 Å². The van der Waals surface area contributed by atoms with Gasteiger partial charge in [0.2, 0.25) is 12.7 Å². The molecule has 0 aromatic heterocycles. The Balaban J connectivity index is 1.63. The number of carbonyl (C=O) groups excluding carboxylic acids is 3. The third-order valence-electron chi connectivity index (χ3n) is 4.88. The Morgan fingerprint density at radius 2 is 2.00 bits per heavy atom. The van der Waals surface area contributed by atoms with E-state index in [4.69, 9.17) is 9.47 Å². The normalized spacial score (nSPS) is 20.7. The molecular formula is C19H25N3O5. The van der Waals surface area contributed by atoms with E-state index in [1.807, 2.05) is 0 Å². The fraction of sp³-hybridized carbons (Fsp3) is 0.526. The molecule has 0 bridgehead atoms. The van der Waals surface area contributed by atoms with E-state index in [2.05, 4.69) is 17.6 Å². The summed E-state index contributed by atoms with van der Waals surface area (Å²) in [6.45, 7) is 4.11. The second kappa shape index (κ2) is 7.85. The Labute approximate surface area is 158 Å². The molecule has 1 fully saturated rings. The maximum Gasteiger partial charge on any atom is 0.325 e. The molecule has 3 rings (SSSR count). The highest BCUT2D eigenvalue weighted by molar-refractivity contribution is 6.09. The summed E-state index contributed by atoms with van der Waals surface area (Å²) in [5.74, 6) is 0.315. The van der Waals surface area contributed by atoms with Gasteiger partial charge in [0.15, 0.2) is 11.5 Å². The molecule has 2 aliphatic rings. The Morgan fingerprint density at radius 1 is 1.22 bits per heavy atom. The maximum absolute atomic E-state index is 12.9. The number of unbranched alkanes of at least 4 members (excludes halogenated alkanes) is 3. The van der Waals surface area contributed by atoms with Crippen molar-refractivity contribution in [2.24, 2.45) is 0 Å². The lowest BCUT2D eigenvalue weighted by atomic mass is 9.91. The molecular weight excluding hydrogens is 350 g/mol. The molecule has 146 valence electrons. The minimum Gasteiger partial charge on any atom is -0.454 e. The van der Waals surface area contributed by atoms with Crippen LogP contribution in [0.3, 0.4) is 0 Å². The number of fused-ring (bicyclic) bond motifs is 1. The van der Waals surface area contributed by atoms with Crippen LogP contribution in [0, 0.1) is 0 Å². The number of nitrogens with one attached hydrogen (secondary N) is 2. The van der Waals surface area contributed by atoms with E-state index in [1.165, 1.54) is 0 Å². The minimum absolute atomic E-state index is 0.125. The van der Waals surface area contributed by atoms with Gasteiger partial charge < -0.3 is 20.1 Å². The first-order valence-electron chi connectivity index (χ1n) is 9.26. The van der Waals surface area contributed by atoms with Crippen molar-refractivity contribution in [3.05, 3.63) is 23.8 Å². The van der Waals surface area contributed by atoms with Gasteiger partial charge in [-0.15, -0.1) is 0 Å². The van der Waals surface area contributed by atoms with Gasteiger partial charge in [-0.25, -0.2) is 4.79 Å². The number of carbonyl (C=O) groups is 3. The zero-order chi connectivity index (χ0) is 19.4. The highest BCUT2D eigenvalue weighted by Crippen LogP contribution is 2.37. The average Bonchev–Trinajstić information content (AvgIpc) is 3.20. The zero-order valence-corrected chi connectivity index (χ0v) is 15.7. The molecule has 0 spiro atoms. The van der Waals surface area contributed by atoms with Crippen LogP contribution in [-0.4, -0.2) is 42.6 Å². The third-order valence-corrected chi connectivity index (χ3v) is 4.88. The summed E-state index contributed by atoms with van der Waals surface area (Å²) >= 11 is 0. The summed E-state index contributed by atoms with van der Waals surface area (Å²) in [5.41, 5.74) is -0.674. The average molecular weight is 375 g/mol. The summed E-state index contributed by atoms with van der Waals surface area (Å²) in [4.78, 5) is 38.2. The van der Waals surface area contributed by atoms with Crippen molar-refractivity contribution in [1.29, 1.82) is 0 Å². The van der Waals surface area contributed by atoms with Crippen LogP contribution in [0.1, 0.15) is 45.1 Å². The minimum atomic E-state index is -1.25. The van der Waals surface area contributed by atoms with Crippen molar-refractivity contribution in [2.75, 3.05) is 19.9 Å². The van der Waals surface area contributed by atoms with Crippen molar-refractivity contribution in [1.82, 2.24) is 15.5 Å². The Bertz CT molecular complexity index is 751. The summed E-state index contributed by atoms with van der Waals surface area (Å²) < 4.78 is 10.6. The molecule has 0 saturated carbocycles. The van der Waals surface area contributed by atoms with Gasteiger partial charge in [0.05, 0.1) is 0 Å². The van der Waals surface area contributed by atoms with E-state index in [9.17, 15) is 14.4 Å². The lowest BCUT2D eigenvalue weighted by Gasteiger charge is -2.22. The smallest absolute Gasteiger partial charge is 0.325 e. The number of amides is 4. The summed E-state index contributed by atoms with van der Waals surface area (Å²) in [6.07, 6.45) is 4.17. The standard InChI is InChI=1S/C19H25N3O5/c1-3-4-5-6-9-20-16(23)11-22-17(24)19(2,21-18(22)25)13-7-8-14-15(10-13)27-12-26-14/h7-8,10H,3-6,9,11-12H2,1-2H3,(H,20,23)(H,21,25)/t19-/m0/s1. The maximum atomic E-state index is 12.9. The number of urea groups is 1. The Kier molecular flexibility index (Phi) is 5.53. The van der Waals surface area contributed by atoms with Crippen molar-refractivity contribution < 1.29 is 23.9 Å². The monoisotopic (exact) mass is 375 g/mol. The Morgan fingerprint density at radius 3 is 2.78 bits per heavy atom. The van der Waals surface area contributed by atoms with Crippen molar-refractivity contribution in [3.63, 3.8) is 0 Å². The molecule has 27 heavy (non-hydrogen) atoms. The molecule has 1 saturated heterocycles. The lowest BCUT2D eigenvalue weighted by molar-refractivity contribution is -0.134. The van der Waals surface area contributed by atoms with Crippen LogP contribution in [-0.2, 0) is 15.1 Å². The van der Waals surface area contributed by atoms with Crippen molar-refractivity contribution in [3.8, 4) is 11.5 Å². The fourth-order valence-corrected chi connectivity index (χ4v) is 3.22. The molecule has 2 N–H and O–H groups in total. The van der Waals surface area contributed by atoms with E-state index in [0.29, 0.717) is 23.6 Å². The third kappa shape index (κ3) is 3.84. The largest absolute Gasteiger partial charge is 0.454 e. The topological polar surface area (TPSA) is 97.0 Å². The van der Waals surface area contributed by atoms with Crippen LogP contribution in [0.15, 0.2) is 18.2 Å². The summed E-state index contributed by atoms with van der Waals surface area (Å²) in [6, 6.07) is 4.51. The van der Waals surface area contributed by atoms with E-state index in [1.54, 1.807) is 25.1 Å². The van der Waals surface area contributed by atoms with Crippen LogP contribution in [0.25, 0.3) is 0 Å². The fourth-order valence-electron chi connectivity index (χ4n) is 3.22. The van der Waals surface area contributed by atoms with E-state index >= 15 is 0 Å². The molecule has 1 aromatic carbocycles. The molecule has 4 amide bonds. The van der Waals surface area contributed by atoms with Crippen LogP contribution >= 0.6 is 0 Å². The quantitative estimate of drug-likeness (QED) is 0.534. The number of benzene rings is 1. The van der Waals surface area contributed by atoms with Crippen LogP contribution in [0.2, 0.25) is 0 Å². The van der Waals surface area contributed by atoms with Crippen LogP contribution in [0.4, 0.5) is 4.79 Å². The van der Waals surface area contributed by atoms with Crippen molar-refractivity contribution in [2.45, 2.75) is 45.1 Å². The molecule has 1 aromatic rings. The Hall–Kier alpha value is -2.77. The number of ether oxygens (including phenoxy) is 2. The second-order valence-electron chi connectivity index (χ2n) is 6.93. The van der Waals surface area contributed by atoms with Gasteiger partial charge in [0.1, 0.15) is 12.1 Å². The number of rotatable bonds is 8. The van der Waals surface area contributed by atoms with Crippen LogP contribution in [0.5, 0.6) is 11.5 Å². The van der Waals surface area contributed by atoms with E-state index in [0.717, 1.165) is 30.6 Å². The highest BCUT2D eigenvalue weighted by Gasteiger charge is 2.49. The molecule has 0 unspecified atom stereocenters. The molecule has 8 heteroatoms. The van der Waals surface area contributed by atoms with Crippen molar-refractivity contribution >= 4 is 17.8 Å². The number of imide groups is 1. The van der Waals surface area contributed by atoms with Gasteiger partial charge >= 0.3 is 6.03 Å². The second-order valence-corrected chi connectivity index (χ2v) is 6.93. The predicted molar refractivity (Wildman–Crippen MR) is 97.3 cm³/mol. The molecule has 0 radical (unpaired) electrons. The molecule has 2 heterocycles. The highest BCUT2D eigenvalue weighted by atomic mass is 16.7. The van der Waals surface area contributed by atoms with E-state index in [-0.39, 0.29) is 19.2 Å². The predicted octanol–water partition coefficient (Wildman–Crippen LogP) is 1.88. The number of hydrogen-bond donors (Lipinski definition) is 2. The summed E-state index contributed by atoms with van der Waals surface area (Å²) in [5, 5.41) is 5.45.